The van der Waals surface area contributed by atoms with Crippen molar-refractivity contribution in [2.75, 3.05) is 0 Å². The third-order valence-electron chi connectivity index (χ3n) is 4.43. The molecule has 0 fully saturated rings. The predicted molar refractivity (Wildman–Crippen MR) is 122 cm³/mol. The van der Waals surface area contributed by atoms with Gasteiger partial charge in [0.2, 0.25) is 5.43 Å². The molecule has 0 saturated carbocycles. The highest BCUT2D eigenvalue weighted by molar-refractivity contribution is 9.11. The number of benzene rings is 3. The monoisotopic (exact) mass is 643 g/mol. The number of rotatable bonds is 2. The molecule has 1 aliphatic heterocycles. The van der Waals surface area contributed by atoms with Crippen LogP contribution in [0, 0.1) is 0 Å². The van der Waals surface area contributed by atoms with Crippen LogP contribution in [0.3, 0.4) is 0 Å². The van der Waals surface area contributed by atoms with Gasteiger partial charge in [-0.2, -0.15) is 0 Å². The zero-order valence-electron chi connectivity index (χ0n) is 14.1. The van der Waals surface area contributed by atoms with Crippen LogP contribution in [-0.4, -0.2) is 11.1 Å². The van der Waals surface area contributed by atoms with Gasteiger partial charge in [0.25, 0.3) is 0 Å². The highest BCUT2D eigenvalue weighted by Crippen LogP contribution is 2.48. The summed E-state index contributed by atoms with van der Waals surface area (Å²) in [5.41, 5.74) is 1.44. The molecule has 1 heterocycles. The van der Waals surface area contributed by atoms with Crippen molar-refractivity contribution in [1.82, 2.24) is 0 Å². The van der Waals surface area contributed by atoms with E-state index in [0.717, 1.165) is 0 Å². The molecule has 1 N–H and O–H groups in total. The number of fused-ring (bicyclic) bond motifs is 2. The maximum atomic E-state index is 12.4. The molecule has 0 bridgehead atoms. The van der Waals surface area contributed by atoms with Crippen molar-refractivity contribution < 1.29 is 19.4 Å². The summed E-state index contributed by atoms with van der Waals surface area (Å²) in [5.74, 6) is -1.21. The van der Waals surface area contributed by atoms with Gasteiger partial charge in [0, 0.05) is 21.0 Å². The average molecular weight is 647 g/mol. The molecule has 0 radical (unpaired) electrons. The second kappa shape index (κ2) is 7.54. The summed E-state index contributed by atoms with van der Waals surface area (Å²) in [6, 6.07) is 9.71. The van der Waals surface area contributed by atoms with Crippen LogP contribution in [0.4, 0.5) is 0 Å². The van der Waals surface area contributed by atoms with E-state index in [2.05, 4.69) is 63.7 Å². The van der Waals surface area contributed by atoms with Gasteiger partial charge in [-0.15, -0.1) is 0 Å². The SMILES string of the molecule is O=C(O)c1ccccc1-c1c2cc(Br)c(=O)c(Br)c-2oc2c(Br)c([O-])c(Br)cc12. The molecular formula is C20H7Br4O5-. The summed E-state index contributed by atoms with van der Waals surface area (Å²) in [7, 11) is 0. The second-order valence-electron chi connectivity index (χ2n) is 6.08. The maximum Gasteiger partial charge on any atom is 0.336 e. The first kappa shape index (κ1) is 20.6. The van der Waals surface area contributed by atoms with Crippen molar-refractivity contribution >= 4 is 80.7 Å². The van der Waals surface area contributed by atoms with Crippen molar-refractivity contribution in [2.24, 2.45) is 0 Å². The Kier molecular flexibility index (Phi) is 5.35. The molecule has 0 saturated heterocycles. The van der Waals surface area contributed by atoms with Gasteiger partial charge in [0.1, 0.15) is 10.1 Å². The molecule has 29 heavy (non-hydrogen) atoms. The number of hydrogen-bond donors (Lipinski definition) is 1. The topological polar surface area (TPSA) is 90.6 Å². The minimum Gasteiger partial charge on any atom is -0.871 e. The van der Waals surface area contributed by atoms with Crippen LogP contribution < -0.4 is 10.5 Å². The predicted octanol–water partition coefficient (Wildman–Crippen LogP) is 6.39. The number of carboxylic acid groups (broad SMARTS) is 1. The van der Waals surface area contributed by atoms with Crippen molar-refractivity contribution in [3.63, 3.8) is 0 Å². The van der Waals surface area contributed by atoms with Crippen LogP contribution in [0.5, 0.6) is 5.75 Å². The molecule has 0 aromatic heterocycles. The van der Waals surface area contributed by atoms with Gasteiger partial charge < -0.3 is 14.6 Å². The minimum atomic E-state index is -1.10. The number of hydrogen-bond acceptors (Lipinski definition) is 4. The van der Waals surface area contributed by atoms with Crippen LogP contribution >= 0.6 is 63.7 Å². The molecule has 0 atom stereocenters. The van der Waals surface area contributed by atoms with Gasteiger partial charge >= 0.3 is 5.97 Å². The van der Waals surface area contributed by atoms with Gasteiger partial charge in [0.15, 0.2) is 5.76 Å². The zero-order valence-corrected chi connectivity index (χ0v) is 20.4. The van der Waals surface area contributed by atoms with Crippen LogP contribution in [0.1, 0.15) is 10.4 Å². The molecule has 0 amide bonds. The van der Waals surface area contributed by atoms with E-state index in [9.17, 15) is 19.8 Å². The van der Waals surface area contributed by atoms with E-state index in [0.29, 0.717) is 31.0 Å². The molecule has 0 unspecified atom stereocenters. The normalized spacial score (nSPS) is 11.3. The Morgan fingerprint density at radius 3 is 2.34 bits per heavy atom. The van der Waals surface area contributed by atoms with E-state index in [1.807, 2.05) is 0 Å². The summed E-state index contributed by atoms with van der Waals surface area (Å²) in [5, 5.41) is 22.7. The van der Waals surface area contributed by atoms with E-state index in [1.54, 1.807) is 30.3 Å². The summed E-state index contributed by atoms with van der Waals surface area (Å²) >= 11 is 13.1. The molecule has 5 nitrogen and oxygen atoms in total. The first-order valence-electron chi connectivity index (χ1n) is 7.98. The van der Waals surface area contributed by atoms with Crippen molar-refractivity contribution in [3.8, 4) is 28.2 Å². The summed E-state index contributed by atoms with van der Waals surface area (Å²) in [6.07, 6.45) is 0. The molecule has 4 rings (SSSR count). The van der Waals surface area contributed by atoms with E-state index >= 15 is 0 Å². The Morgan fingerprint density at radius 1 is 0.966 bits per heavy atom. The fourth-order valence-electron chi connectivity index (χ4n) is 3.16. The Hall–Kier alpha value is -1.68. The minimum absolute atomic E-state index is 0.0817. The zero-order chi connectivity index (χ0) is 21.0. The fourth-order valence-corrected chi connectivity index (χ4v) is 5.57. The smallest absolute Gasteiger partial charge is 0.336 e. The molecule has 9 heteroatoms. The van der Waals surface area contributed by atoms with E-state index in [-0.39, 0.29) is 37.0 Å². The summed E-state index contributed by atoms with van der Waals surface area (Å²) < 4.78 is 6.87. The van der Waals surface area contributed by atoms with Crippen molar-refractivity contribution in [2.45, 2.75) is 0 Å². The second-order valence-corrected chi connectivity index (χ2v) is 9.38. The van der Waals surface area contributed by atoms with Crippen LogP contribution in [0.15, 0.2) is 63.5 Å². The first-order valence-corrected chi connectivity index (χ1v) is 11.2. The molecule has 0 spiro atoms. The number of aromatic carboxylic acids is 1. The van der Waals surface area contributed by atoms with Crippen molar-refractivity contribution in [1.29, 1.82) is 0 Å². The molecule has 2 aliphatic rings. The largest absolute Gasteiger partial charge is 0.871 e. The lowest BCUT2D eigenvalue weighted by Crippen LogP contribution is -2.08. The Bertz CT molecular complexity index is 1360. The third-order valence-corrected chi connectivity index (χ3v) is 7.05. The Morgan fingerprint density at radius 2 is 1.66 bits per heavy atom. The van der Waals surface area contributed by atoms with Gasteiger partial charge in [-0.25, -0.2) is 4.79 Å². The lowest BCUT2D eigenvalue weighted by molar-refractivity contribution is -0.270. The van der Waals surface area contributed by atoms with E-state index in [1.165, 1.54) is 6.07 Å². The van der Waals surface area contributed by atoms with Crippen LogP contribution in [0.2, 0.25) is 0 Å². The summed E-state index contributed by atoms with van der Waals surface area (Å²) in [4.78, 5) is 24.3. The van der Waals surface area contributed by atoms with E-state index < -0.39 is 5.97 Å². The molecule has 1 aliphatic carbocycles. The average Bonchev–Trinajstić information content (AvgIpc) is 2.69. The van der Waals surface area contributed by atoms with Crippen LogP contribution in [0.25, 0.3) is 33.4 Å². The Balaban J connectivity index is 2.34. The lowest BCUT2D eigenvalue weighted by Gasteiger charge is -2.21. The van der Waals surface area contributed by atoms with Gasteiger partial charge in [-0.1, -0.05) is 39.9 Å². The molecule has 146 valence electrons. The maximum absolute atomic E-state index is 12.4. The Labute approximate surface area is 197 Å². The number of carboxylic acids is 1. The fraction of sp³-hybridized carbons (Fsp3) is 0. The molecular weight excluding hydrogens is 640 g/mol. The quantitative estimate of drug-likeness (QED) is 0.255. The number of carbonyl (C=O) groups is 1. The third kappa shape index (κ3) is 3.24. The van der Waals surface area contributed by atoms with E-state index in [4.69, 9.17) is 4.42 Å². The highest BCUT2D eigenvalue weighted by atomic mass is 79.9. The first-order chi connectivity index (χ1) is 13.7. The number of halogens is 4. The lowest BCUT2D eigenvalue weighted by atomic mass is 9.91. The molecule has 2 aromatic carbocycles. The van der Waals surface area contributed by atoms with Crippen molar-refractivity contribution in [3.05, 3.63) is 70.1 Å². The highest BCUT2D eigenvalue weighted by Gasteiger charge is 2.26. The van der Waals surface area contributed by atoms with Gasteiger partial charge in [0.05, 0.1) is 14.5 Å². The van der Waals surface area contributed by atoms with Gasteiger partial charge in [-0.3, -0.25) is 4.79 Å². The summed E-state index contributed by atoms with van der Waals surface area (Å²) in [6.45, 7) is 0. The van der Waals surface area contributed by atoms with Gasteiger partial charge in [-0.05, 0) is 71.6 Å². The standard InChI is InChI=1S/C20H8Br4O5/c21-11-5-9-13(7-3-1-2-4-8(7)20(27)28)10-6-12(22)17(26)15(24)19(10)29-18(9)14(23)16(11)25/h1-6,25H,(H,27,28)/p-1. The molecule has 2 aromatic rings. The van der Waals surface area contributed by atoms with Crippen LogP contribution in [-0.2, 0) is 0 Å².